The van der Waals surface area contributed by atoms with E-state index in [2.05, 4.69) is 25.5 Å². The summed E-state index contributed by atoms with van der Waals surface area (Å²) in [5.41, 5.74) is 2.91. The summed E-state index contributed by atoms with van der Waals surface area (Å²) >= 11 is 0. The number of hydrogen-bond acceptors (Lipinski definition) is 7. The Morgan fingerprint density at radius 3 is 2.44 bits per heavy atom. The van der Waals surface area contributed by atoms with E-state index >= 15 is 0 Å². The lowest BCUT2D eigenvalue weighted by molar-refractivity contribution is 0.102. The number of anilines is 3. The fourth-order valence-electron chi connectivity index (χ4n) is 4.94. The number of piperidine rings is 1. The van der Waals surface area contributed by atoms with Crippen LogP contribution in [0.4, 0.5) is 26.1 Å². The van der Waals surface area contributed by atoms with Gasteiger partial charge in [0.2, 0.25) is 11.8 Å². The fraction of sp³-hybridized carbons (Fsp3) is 0.303. The van der Waals surface area contributed by atoms with Crippen LogP contribution in [0.2, 0.25) is 0 Å². The molecule has 0 atom stereocenters. The molecule has 2 heterocycles. The average molecular weight is 588 g/mol. The van der Waals surface area contributed by atoms with E-state index in [-0.39, 0.29) is 28.9 Å². The second kappa shape index (κ2) is 14.1. The molecule has 0 aliphatic carbocycles. The van der Waals surface area contributed by atoms with Crippen molar-refractivity contribution in [2.75, 3.05) is 36.9 Å². The summed E-state index contributed by atoms with van der Waals surface area (Å²) in [5, 5.41) is 5.86. The van der Waals surface area contributed by atoms with Gasteiger partial charge < -0.3 is 25.0 Å². The summed E-state index contributed by atoms with van der Waals surface area (Å²) in [7, 11) is 0. The first-order valence-corrected chi connectivity index (χ1v) is 14.5. The van der Waals surface area contributed by atoms with Crippen molar-refractivity contribution in [1.29, 1.82) is 0 Å². The predicted octanol–water partition coefficient (Wildman–Crippen LogP) is 7.41. The van der Waals surface area contributed by atoms with Crippen LogP contribution in [0.25, 0.3) is 0 Å². The van der Waals surface area contributed by atoms with Crippen LogP contribution in [0.1, 0.15) is 47.2 Å². The molecule has 2 N–H and O–H groups in total. The summed E-state index contributed by atoms with van der Waals surface area (Å²) in [4.78, 5) is 24.4. The number of hydrogen-bond donors (Lipinski definition) is 2. The quantitative estimate of drug-likeness (QED) is 0.177. The maximum absolute atomic E-state index is 14.9. The number of aryl methyl sites for hydroxylation is 2. The summed E-state index contributed by atoms with van der Waals surface area (Å²) in [5.74, 6) is -0.952. The van der Waals surface area contributed by atoms with Crippen LogP contribution >= 0.6 is 0 Å². The second-order valence-corrected chi connectivity index (χ2v) is 10.6. The van der Waals surface area contributed by atoms with Crippen LogP contribution in [0, 0.1) is 25.5 Å². The van der Waals surface area contributed by atoms with Crippen LogP contribution in [-0.4, -0.2) is 47.0 Å². The van der Waals surface area contributed by atoms with Gasteiger partial charge in [-0.15, -0.1) is 0 Å². The largest absolute Gasteiger partial charge is 0.490 e. The van der Waals surface area contributed by atoms with Crippen molar-refractivity contribution in [2.45, 2.75) is 39.5 Å². The van der Waals surface area contributed by atoms with E-state index in [0.29, 0.717) is 18.0 Å². The highest BCUT2D eigenvalue weighted by Crippen LogP contribution is 2.29. The minimum Gasteiger partial charge on any atom is -0.490 e. The fourth-order valence-corrected chi connectivity index (χ4v) is 4.94. The number of carbonyl (C=O) groups is 1. The average Bonchev–Trinajstić information content (AvgIpc) is 3.00. The third kappa shape index (κ3) is 8.04. The van der Waals surface area contributed by atoms with Crippen molar-refractivity contribution in [2.24, 2.45) is 0 Å². The van der Waals surface area contributed by atoms with Crippen molar-refractivity contribution < 1.29 is 23.0 Å². The Morgan fingerprint density at radius 1 is 0.977 bits per heavy atom. The standard InChI is InChI=1S/C33H35F2N5O3/c1-22-8-6-9-23(2)30(22)38-31(41)27-21-36-33(39-32(27)43-26-13-10-24(34)11-14-26)37-25-12-15-29(28(35)20-25)42-19-7-18-40-16-4-3-5-17-40/h6,8-15,20-21H,3-5,7,16-19H2,1-2H3,(H,38,41)(H,36,37,39). The van der Waals surface area contributed by atoms with Gasteiger partial charge in [-0.3, -0.25) is 4.79 Å². The molecule has 8 nitrogen and oxygen atoms in total. The molecule has 1 aliphatic heterocycles. The number of benzene rings is 3. The van der Waals surface area contributed by atoms with Gasteiger partial charge in [0, 0.05) is 30.2 Å². The first-order chi connectivity index (χ1) is 20.9. The van der Waals surface area contributed by atoms with E-state index in [0.717, 1.165) is 37.2 Å². The minimum absolute atomic E-state index is 0.0537. The van der Waals surface area contributed by atoms with Crippen molar-refractivity contribution >= 4 is 23.2 Å². The molecule has 0 radical (unpaired) electrons. The number of halogens is 2. The van der Waals surface area contributed by atoms with E-state index < -0.39 is 17.5 Å². The number of rotatable bonds is 11. The van der Waals surface area contributed by atoms with Crippen molar-refractivity contribution in [3.8, 4) is 17.4 Å². The molecule has 4 aromatic rings. The molecule has 1 fully saturated rings. The Balaban J connectivity index is 1.29. The number of amides is 1. The van der Waals surface area contributed by atoms with E-state index in [4.69, 9.17) is 9.47 Å². The molecular formula is C33H35F2N5O3. The highest BCUT2D eigenvalue weighted by Gasteiger charge is 2.19. The molecule has 5 rings (SSSR count). The number of aromatic nitrogens is 2. The predicted molar refractivity (Wildman–Crippen MR) is 162 cm³/mol. The molecule has 10 heteroatoms. The molecule has 1 amide bonds. The van der Waals surface area contributed by atoms with E-state index in [1.807, 2.05) is 32.0 Å². The van der Waals surface area contributed by atoms with E-state index in [1.54, 1.807) is 12.1 Å². The van der Waals surface area contributed by atoms with Gasteiger partial charge in [-0.05, 0) is 93.7 Å². The normalized spacial score (nSPS) is 13.4. The number of ether oxygens (including phenoxy) is 2. The van der Waals surface area contributed by atoms with Gasteiger partial charge >= 0.3 is 0 Å². The first kappa shape index (κ1) is 29.9. The van der Waals surface area contributed by atoms with Crippen LogP contribution in [0.15, 0.2) is 66.9 Å². The maximum atomic E-state index is 14.9. The van der Waals surface area contributed by atoms with Gasteiger partial charge in [0.25, 0.3) is 5.91 Å². The number of carbonyl (C=O) groups excluding carboxylic acids is 1. The Kier molecular flexibility index (Phi) is 9.78. The second-order valence-electron chi connectivity index (χ2n) is 10.6. The summed E-state index contributed by atoms with van der Waals surface area (Å²) in [6.45, 7) is 7.40. The monoisotopic (exact) mass is 587 g/mol. The molecule has 1 aliphatic rings. The zero-order chi connectivity index (χ0) is 30.2. The van der Waals surface area contributed by atoms with E-state index in [1.165, 1.54) is 55.8 Å². The van der Waals surface area contributed by atoms with Crippen molar-refractivity contribution in [3.05, 3.63) is 95.2 Å². The maximum Gasteiger partial charge on any atom is 0.262 e. The molecule has 224 valence electrons. The first-order valence-electron chi connectivity index (χ1n) is 14.5. The van der Waals surface area contributed by atoms with Gasteiger partial charge in [-0.25, -0.2) is 13.8 Å². The Bertz CT molecular complexity index is 1540. The highest BCUT2D eigenvalue weighted by molar-refractivity contribution is 6.06. The van der Waals surface area contributed by atoms with Gasteiger partial charge in [0.05, 0.1) is 6.61 Å². The van der Waals surface area contributed by atoms with Crippen LogP contribution < -0.4 is 20.1 Å². The third-order valence-electron chi connectivity index (χ3n) is 7.26. The van der Waals surface area contributed by atoms with Crippen molar-refractivity contribution in [3.63, 3.8) is 0 Å². The topological polar surface area (TPSA) is 88.6 Å². The molecular weight excluding hydrogens is 552 g/mol. The number of nitrogens with zero attached hydrogens (tertiary/aromatic N) is 3. The van der Waals surface area contributed by atoms with E-state index in [9.17, 15) is 13.6 Å². The molecule has 0 bridgehead atoms. The van der Waals surface area contributed by atoms with Crippen LogP contribution in [-0.2, 0) is 0 Å². The summed E-state index contributed by atoms with van der Waals surface area (Å²) in [6, 6.07) is 15.6. The lowest BCUT2D eigenvalue weighted by atomic mass is 10.1. The zero-order valence-electron chi connectivity index (χ0n) is 24.3. The molecule has 0 unspecified atom stereocenters. The smallest absolute Gasteiger partial charge is 0.262 e. The van der Waals surface area contributed by atoms with Gasteiger partial charge in [0.1, 0.15) is 17.1 Å². The van der Waals surface area contributed by atoms with Gasteiger partial charge in [0.15, 0.2) is 11.6 Å². The number of likely N-dealkylation sites (tertiary alicyclic amines) is 1. The van der Waals surface area contributed by atoms with Gasteiger partial charge in [-0.2, -0.15) is 4.98 Å². The summed E-state index contributed by atoms with van der Waals surface area (Å²) in [6.07, 6.45) is 5.91. The van der Waals surface area contributed by atoms with Gasteiger partial charge in [-0.1, -0.05) is 24.6 Å². The molecule has 0 saturated carbocycles. The molecule has 43 heavy (non-hydrogen) atoms. The molecule has 3 aromatic carbocycles. The molecule has 0 spiro atoms. The lowest BCUT2D eigenvalue weighted by Crippen LogP contribution is -2.31. The molecule has 1 aromatic heterocycles. The third-order valence-corrected chi connectivity index (χ3v) is 7.26. The van der Waals surface area contributed by atoms with Crippen LogP contribution in [0.3, 0.4) is 0 Å². The Labute approximate surface area is 250 Å². The number of para-hydroxylation sites is 1. The minimum atomic E-state index is -0.518. The van der Waals surface area contributed by atoms with Crippen molar-refractivity contribution in [1.82, 2.24) is 14.9 Å². The van der Waals surface area contributed by atoms with Crippen LogP contribution in [0.5, 0.6) is 17.4 Å². The summed E-state index contributed by atoms with van der Waals surface area (Å²) < 4.78 is 39.9. The lowest BCUT2D eigenvalue weighted by Gasteiger charge is -2.26. The number of nitrogens with one attached hydrogen (secondary N) is 2. The Morgan fingerprint density at radius 2 is 1.72 bits per heavy atom. The molecule has 1 saturated heterocycles. The zero-order valence-corrected chi connectivity index (χ0v) is 24.3. The SMILES string of the molecule is Cc1cccc(C)c1NC(=O)c1cnc(Nc2ccc(OCCCN3CCCCC3)c(F)c2)nc1Oc1ccc(F)cc1. The Hall–Kier alpha value is -4.57. The highest BCUT2D eigenvalue weighted by atomic mass is 19.1.